The van der Waals surface area contributed by atoms with E-state index in [-0.39, 0.29) is 24.7 Å². The minimum Gasteiger partial charge on any atom is -0.394 e. The normalized spacial score (nSPS) is 18.3. The van der Waals surface area contributed by atoms with Gasteiger partial charge in [-0.3, -0.25) is 0 Å². The highest BCUT2D eigenvalue weighted by Gasteiger charge is 2.31. The van der Waals surface area contributed by atoms with Crippen molar-refractivity contribution in [2.45, 2.75) is 31.8 Å². The Morgan fingerprint density at radius 2 is 2.35 bits per heavy atom. The summed E-state index contributed by atoms with van der Waals surface area (Å²) in [5.41, 5.74) is 2.25. The van der Waals surface area contributed by atoms with Crippen LogP contribution in [0.15, 0.2) is 35.8 Å². The van der Waals surface area contributed by atoms with Gasteiger partial charge in [0.1, 0.15) is 5.01 Å². The van der Waals surface area contributed by atoms with Gasteiger partial charge in [0.15, 0.2) is 0 Å². The number of thiazole rings is 1. The lowest BCUT2D eigenvalue weighted by atomic mass is 9.93. The Balaban J connectivity index is 1.77. The summed E-state index contributed by atoms with van der Waals surface area (Å²) in [5, 5.41) is 15.7. The van der Waals surface area contributed by atoms with Gasteiger partial charge in [0.2, 0.25) is 0 Å². The number of rotatable bonds is 4. The van der Waals surface area contributed by atoms with Crippen molar-refractivity contribution >= 4 is 17.4 Å². The van der Waals surface area contributed by atoms with Gasteiger partial charge in [-0.2, -0.15) is 0 Å². The number of carbonyl (C=O) groups is 1. The van der Waals surface area contributed by atoms with Gasteiger partial charge in [0.05, 0.1) is 18.7 Å². The third-order valence-corrected chi connectivity index (χ3v) is 5.19. The standard InChI is InChI=1S/C17H21N3O2S/c1-2-14(16-18-8-10-23-16)19-17(22)20-9-7-12-5-3-4-6-13(12)15(20)11-21/h3-6,8,10,14-15,21H,2,7,9,11H2,1H3,(H,19,22)/t14-,15+/m0/s1. The second-order valence-corrected chi connectivity index (χ2v) is 6.55. The number of benzene rings is 1. The van der Waals surface area contributed by atoms with Gasteiger partial charge in [-0.25, -0.2) is 9.78 Å². The van der Waals surface area contributed by atoms with Gasteiger partial charge in [0.25, 0.3) is 0 Å². The number of hydrogen-bond acceptors (Lipinski definition) is 4. The molecule has 0 saturated carbocycles. The monoisotopic (exact) mass is 331 g/mol. The first-order valence-corrected chi connectivity index (χ1v) is 8.77. The van der Waals surface area contributed by atoms with E-state index in [4.69, 9.17) is 0 Å². The van der Waals surface area contributed by atoms with Gasteiger partial charge >= 0.3 is 6.03 Å². The Morgan fingerprint density at radius 1 is 1.52 bits per heavy atom. The highest BCUT2D eigenvalue weighted by Crippen LogP contribution is 2.30. The van der Waals surface area contributed by atoms with E-state index in [1.54, 1.807) is 22.4 Å². The molecule has 5 nitrogen and oxygen atoms in total. The molecule has 0 saturated heterocycles. The molecule has 1 aromatic carbocycles. The van der Waals surface area contributed by atoms with Crippen molar-refractivity contribution < 1.29 is 9.90 Å². The van der Waals surface area contributed by atoms with Gasteiger partial charge in [-0.1, -0.05) is 31.2 Å². The van der Waals surface area contributed by atoms with Crippen molar-refractivity contribution in [2.24, 2.45) is 0 Å². The van der Waals surface area contributed by atoms with E-state index in [1.165, 1.54) is 5.56 Å². The smallest absolute Gasteiger partial charge is 0.318 e. The fraction of sp³-hybridized carbons (Fsp3) is 0.412. The highest BCUT2D eigenvalue weighted by molar-refractivity contribution is 7.09. The minimum atomic E-state index is -0.284. The van der Waals surface area contributed by atoms with Crippen LogP contribution in [-0.4, -0.2) is 34.2 Å². The second kappa shape index (κ2) is 7.10. The fourth-order valence-corrected chi connectivity index (χ4v) is 3.84. The number of fused-ring (bicyclic) bond motifs is 1. The van der Waals surface area contributed by atoms with Crippen LogP contribution in [0.1, 0.15) is 41.6 Å². The molecule has 2 amide bonds. The van der Waals surface area contributed by atoms with Crippen LogP contribution in [0.5, 0.6) is 0 Å². The summed E-state index contributed by atoms with van der Waals surface area (Å²) in [5.74, 6) is 0. The van der Waals surface area contributed by atoms with Crippen LogP contribution < -0.4 is 5.32 Å². The number of aliphatic hydroxyl groups excluding tert-OH is 1. The number of hydrogen-bond donors (Lipinski definition) is 2. The molecule has 0 unspecified atom stereocenters. The number of aromatic nitrogens is 1. The first-order chi connectivity index (χ1) is 11.2. The maximum atomic E-state index is 12.7. The van der Waals surface area contributed by atoms with Crippen LogP contribution in [-0.2, 0) is 6.42 Å². The molecule has 0 bridgehead atoms. The quantitative estimate of drug-likeness (QED) is 0.905. The van der Waals surface area contributed by atoms with E-state index >= 15 is 0 Å². The van der Waals surface area contributed by atoms with Crippen molar-refractivity contribution in [3.63, 3.8) is 0 Å². The predicted molar refractivity (Wildman–Crippen MR) is 90.4 cm³/mol. The summed E-state index contributed by atoms with van der Waals surface area (Å²) in [6.07, 6.45) is 3.35. The molecular formula is C17H21N3O2S. The molecule has 2 aromatic rings. The summed E-state index contributed by atoms with van der Waals surface area (Å²) in [7, 11) is 0. The van der Waals surface area contributed by atoms with Gasteiger partial charge in [0, 0.05) is 18.1 Å². The maximum absolute atomic E-state index is 12.7. The second-order valence-electron chi connectivity index (χ2n) is 5.62. The summed E-state index contributed by atoms with van der Waals surface area (Å²) in [6.45, 7) is 2.57. The third-order valence-electron chi connectivity index (χ3n) is 4.30. The van der Waals surface area contributed by atoms with E-state index in [2.05, 4.69) is 16.4 Å². The fourth-order valence-electron chi connectivity index (χ4n) is 3.07. The molecule has 1 aromatic heterocycles. The topological polar surface area (TPSA) is 65.5 Å². The first kappa shape index (κ1) is 16.0. The van der Waals surface area contributed by atoms with E-state index < -0.39 is 0 Å². The number of amides is 2. The van der Waals surface area contributed by atoms with E-state index in [9.17, 15) is 9.90 Å². The molecule has 2 N–H and O–H groups in total. The Kier molecular flexibility index (Phi) is 4.93. The largest absolute Gasteiger partial charge is 0.394 e. The summed E-state index contributed by atoms with van der Waals surface area (Å²) in [6, 6.07) is 7.51. The average Bonchev–Trinajstić information content (AvgIpc) is 3.12. The summed E-state index contributed by atoms with van der Waals surface area (Å²) in [4.78, 5) is 18.8. The zero-order valence-corrected chi connectivity index (χ0v) is 13.9. The average molecular weight is 331 g/mol. The Bertz CT molecular complexity index is 660. The Labute approximate surface area is 140 Å². The van der Waals surface area contributed by atoms with Crippen LogP contribution in [0.3, 0.4) is 0 Å². The number of aliphatic hydroxyl groups is 1. The maximum Gasteiger partial charge on any atom is 0.318 e. The Morgan fingerprint density at radius 3 is 3.04 bits per heavy atom. The predicted octanol–water partition coefficient (Wildman–Crippen LogP) is 2.90. The van der Waals surface area contributed by atoms with Crippen molar-refractivity contribution in [3.8, 4) is 0 Å². The molecule has 0 aliphatic carbocycles. The van der Waals surface area contributed by atoms with Crippen molar-refractivity contribution in [1.29, 1.82) is 0 Å². The first-order valence-electron chi connectivity index (χ1n) is 7.89. The number of nitrogens with zero attached hydrogens (tertiary/aromatic N) is 2. The number of carbonyl (C=O) groups excluding carboxylic acids is 1. The molecule has 0 radical (unpaired) electrons. The lowest BCUT2D eigenvalue weighted by Crippen LogP contribution is -2.47. The number of urea groups is 1. The highest BCUT2D eigenvalue weighted by atomic mass is 32.1. The van der Waals surface area contributed by atoms with Gasteiger partial charge in [-0.15, -0.1) is 11.3 Å². The molecule has 1 aliphatic heterocycles. The van der Waals surface area contributed by atoms with Crippen molar-refractivity contribution in [2.75, 3.05) is 13.2 Å². The van der Waals surface area contributed by atoms with Gasteiger partial charge < -0.3 is 15.3 Å². The van der Waals surface area contributed by atoms with Crippen molar-refractivity contribution in [1.82, 2.24) is 15.2 Å². The van der Waals surface area contributed by atoms with Crippen LogP contribution >= 0.6 is 11.3 Å². The minimum absolute atomic E-state index is 0.0710. The zero-order chi connectivity index (χ0) is 16.2. The van der Waals surface area contributed by atoms with E-state index in [0.717, 1.165) is 23.4 Å². The molecule has 1 aliphatic rings. The molecular weight excluding hydrogens is 310 g/mol. The lowest BCUT2D eigenvalue weighted by molar-refractivity contribution is 0.124. The molecule has 6 heteroatoms. The molecule has 0 fully saturated rings. The van der Waals surface area contributed by atoms with E-state index in [0.29, 0.717) is 6.54 Å². The molecule has 2 atom stereocenters. The molecule has 0 spiro atoms. The molecule has 122 valence electrons. The zero-order valence-electron chi connectivity index (χ0n) is 13.1. The van der Waals surface area contributed by atoms with E-state index in [1.807, 2.05) is 30.5 Å². The van der Waals surface area contributed by atoms with Crippen LogP contribution in [0.25, 0.3) is 0 Å². The van der Waals surface area contributed by atoms with Crippen LogP contribution in [0.2, 0.25) is 0 Å². The van der Waals surface area contributed by atoms with Crippen LogP contribution in [0, 0.1) is 0 Å². The molecule has 2 heterocycles. The van der Waals surface area contributed by atoms with Crippen LogP contribution in [0.4, 0.5) is 4.79 Å². The lowest BCUT2D eigenvalue weighted by Gasteiger charge is -2.37. The van der Waals surface area contributed by atoms with Crippen molar-refractivity contribution in [3.05, 3.63) is 52.0 Å². The van der Waals surface area contributed by atoms with Gasteiger partial charge in [-0.05, 0) is 24.0 Å². The Hall–Kier alpha value is -1.92. The molecule has 3 rings (SSSR count). The third kappa shape index (κ3) is 3.23. The SMILES string of the molecule is CC[C@H](NC(=O)N1CCc2ccccc2[C@H]1CO)c1nccs1. The molecule has 23 heavy (non-hydrogen) atoms. The summed E-state index contributed by atoms with van der Waals surface area (Å²) >= 11 is 1.55. The number of nitrogens with one attached hydrogen (secondary N) is 1. The summed E-state index contributed by atoms with van der Waals surface area (Å²) < 4.78 is 0.